The zero-order valence-corrected chi connectivity index (χ0v) is 14.1. The van der Waals surface area contributed by atoms with Crippen LogP contribution in [0.2, 0.25) is 10.0 Å². The van der Waals surface area contributed by atoms with E-state index in [0.717, 1.165) is 0 Å². The second kappa shape index (κ2) is 5.99. The summed E-state index contributed by atoms with van der Waals surface area (Å²) < 4.78 is 15.9. The normalized spacial score (nSPS) is 11.1. The molecular formula is C15H8BrCl2FN2O. The minimum Gasteiger partial charge on any atom is -0.294 e. The van der Waals surface area contributed by atoms with Gasteiger partial charge in [-0.05, 0) is 24.3 Å². The molecule has 1 heterocycles. The van der Waals surface area contributed by atoms with Gasteiger partial charge in [0.1, 0.15) is 5.82 Å². The van der Waals surface area contributed by atoms with Crippen molar-refractivity contribution >= 4 is 50.0 Å². The summed E-state index contributed by atoms with van der Waals surface area (Å²) in [6, 6.07) is 7.71. The van der Waals surface area contributed by atoms with Gasteiger partial charge in [-0.15, -0.1) is 0 Å². The van der Waals surface area contributed by atoms with Crippen molar-refractivity contribution < 1.29 is 4.39 Å². The summed E-state index contributed by atoms with van der Waals surface area (Å²) in [5.41, 5.74) is 0.444. The van der Waals surface area contributed by atoms with Crippen LogP contribution >= 0.6 is 39.1 Å². The molecule has 0 amide bonds. The fourth-order valence-corrected chi connectivity index (χ4v) is 3.02. The van der Waals surface area contributed by atoms with Crippen LogP contribution in [0.1, 0.15) is 5.56 Å². The molecule has 0 unspecified atom stereocenters. The Balaban J connectivity index is 2.12. The molecule has 0 N–H and O–H groups in total. The molecule has 0 spiro atoms. The fourth-order valence-electron chi connectivity index (χ4n) is 2.14. The van der Waals surface area contributed by atoms with Gasteiger partial charge in [0.15, 0.2) is 0 Å². The minimum atomic E-state index is -0.398. The SMILES string of the molecule is O=c1c2cc(Cl)cc(Cl)c2ncn1Cc1ccc(Br)cc1F. The lowest BCUT2D eigenvalue weighted by Gasteiger charge is -2.09. The first kappa shape index (κ1) is 15.5. The smallest absolute Gasteiger partial charge is 0.261 e. The molecule has 3 rings (SSSR count). The molecule has 0 radical (unpaired) electrons. The molecule has 0 fully saturated rings. The molecule has 0 saturated carbocycles. The Morgan fingerprint density at radius 3 is 2.73 bits per heavy atom. The third-order valence-electron chi connectivity index (χ3n) is 3.20. The van der Waals surface area contributed by atoms with Crippen molar-refractivity contribution in [1.82, 2.24) is 9.55 Å². The van der Waals surface area contributed by atoms with Gasteiger partial charge >= 0.3 is 0 Å². The Labute approximate surface area is 143 Å². The summed E-state index contributed by atoms with van der Waals surface area (Å²) in [6.07, 6.45) is 1.35. The zero-order chi connectivity index (χ0) is 15.9. The van der Waals surface area contributed by atoms with Crippen LogP contribution in [0.4, 0.5) is 4.39 Å². The van der Waals surface area contributed by atoms with Gasteiger partial charge < -0.3 is 0 Å². The van der Waals surface area contributed by atoms with Crippen molar-refractivity contribution in [3.05, 3.63) is 72.9 Å². The highest BCUT2D eigenvalue weighted by atomic mass is 79.9. The maximum absolute atomic E-state index is 13.9. The van der Waals surface area contributed by atoms with Gasteiger partial charge in [-0.2, -0.15) is 0 Å². The summed E-state index contributed by atoms with van der Waals surface area (Å²) >= 11 is 15.1. The maximum atomic E-state index is 13.9. The monoisotopic (exact) mass is 400 g/mol. The number of hydrogen-bond acceptors (Lipinski definition) is 2. The van der Waals surface area contributed by atoms with Crippen LogP contribution in [0, 0.1) is 5.82 Å². The summed E-state index contributed by atoms with van der Waals surface area (Å²) in [5.74, 6) is -0.398. The molecule has 0 atom stereocenters. The van der Waals surface area contributed by atoms with Gasteiger partial charge in [0.25, 0.3) is 5.56 Å². The first-order valence-corrected chi connectivity index (χ1v) is 7.79. The third kappa shape index (κ3) is 2.89. The average molecular weight is 402 g/mol. The first-order valence-electron chi connectivity index (χ1n) is 6.24. The van der Waals surface area contributed by atoms with E-state index in [-0.39, 0.29) is 12.1 Å². The van der Waals surface area contributed by atoms with Gasteiger partial charge in [-0.25, -0.2) is 9.37 Å². The van der Waals surface area contributed by atoms with Crippen molar-refractivity contribution in [2.75, 3.05) is 0 Å². The molecule has 0 aliphatic carbocycles. The van der Waals surface area contributed by atoms with Gasteiger partial charge in [-0.1, -0.05) is 45.2 Å². The van der Waals surface area contributed by atoms with E-state index in [2.05, 4.69) is 20.9 Å². The third-order valence-corrected chi connectivity index (χ3v) is 4.20. The van der Waals surface area contributed by atoms with Crippen LogP contribution in [0.15, 0.2) is 45.9 Å². The molecule has 112 valence electrons. The molecule has 0 aliphatic rings. The van der Waals surface area contributed by atoms with Crippen LogP contribution in [-0.2, 0) is 6.54 Å². The van der Waals surface area contributed by atoms with Gasteiger partial charge in [0, 0.05) is 15.1 Å². The lowest BCUT2D eigenvalue weighted by molar-refractivity contribution is 0.594. The first-order chi connectivity index (χ1) is 10.5. The van der Waals surface area contributed by atoms with E-state index < -0.39 is 5.82 Å². The number of hydrogen-bond donors (Lipinski definition) is 0. The Hall–Kier alpha value is -1.43. The van der Waals surface area contributed by atoms with Gasteiger partial charge in [0.05, 0.1) is 28.8 Å². The van der Waals surface area contributed by atoms with E-state index in [1.54, 1.807) is 12.1 Å². The lowest BCUT2D eigenvalue weighted by Crippen LogP contribution is -2.21. The highest BCUT2D eigenvalue weighted by Gasteiger charge is 2.11. The predicted molar refractivity (Wildman–Crippen MR) is 89.2 cm³/mol. The van der Waals surface area contributed by atoms with E-state index in [4.69, 9.17) is 23.2 Å². The van der Waals surface area contributed by atoms with Crippen molar-refractivity contribution in [2.24, 2.45) is 0 Å². The number of rotatable bonds is 2. The van der Waals surface area contributed by atoms with Crippen molar-refractivity contribution in [2.45, 2.75) is 6.54 Å². The molecule has 3 aromatic rings. The molecule has 3 nitrogen and oxygen atoms in total. The van der Waals surface area contributed by atoms with Crippen molar-refractivity contribution in [3.63, 3.8) is 0 Å². The summed E-state index contributed by atoms with van der Waals surface area (Å²) in [5, 5.41) is 0.961. The van der Waals surface area contributed by atoms with Crippen molar-refractivity contribution in [1.29, 1.82) is 0 Å². The van der Waals surface area contributed by atoms with Gasteiger partial charge in [-0.3, -0.25) is 9.36 Å². The van der Waals surface area contributed by atoms with Crippen LogP contribution < -0.4 is 5.56 Å². The number of aromatic nitrogens is 2. The van der Waals surface area contributed by atoms with Gasteiger partial charge in [0.2, 0.25) is 0 Å². The zero-order valence-electron chi connectivity index (χ0n) is 11.0. The molecule has 22 heavy (non-hydrogen) atoms. The second-order valence-corrected chi connectivity index (χ2v) is 6.46. The molecule has 2 aromatic carbocycles. The van der Waals surface area contributed by atoms with E-state index >= 15 is 0 Å². The van der Waals surface area contributed by atoms with Crippen LogP contribution in [0.5, 0.6) is 0 Å². The highest BCUT2D eigenvalue weighted by Crippen LogP contribution is 2.24. The summed E-state index contributed by atoms with van der Waals surface area (Å²) in [4.78, 5) is 16.7. The topological polar surface area (TPSA) is 34.9 Å². The Kier molecular flexibility index (Phi) is 4.21. The maximum Gasteiger partial charge on any atom is 0.261 e. The number of nitrogens with zero attached hydrogens (tertiary/aromatic N) is 2. The molecule has 7 heteroatoms. The summed E-state index contributed by atoms with van der Waals surface area (Å²) in [7, 11) is 0. The highest BCUT2D eigenvalue weighted by molar-refractivity contribution is 9.10. The minimum absolute atomic E-state index is 0.0744. The van der Waals surface area contributed by atoms with Crippen LogP contribution in [0.3, 0.4) is 0 Å². The van der Waals surface area contributed by atoms with E-state index in [0.29, 0.717) is 31.0 Å². The van der Waals surface area contributed by atoms with Crippen LogP contribution in [0.25, 0.3) is 10.9 Å². The Morgan fingerprint density at radius 1 is 1.23 bits per heavy atom. The largest absolute Gasteiger partial charge is 0.294 e. The summed E-state index contributed by atoms with van der Waals surface area (Å²) in [6.45, 7) is 0.0744. The second-order valence-electron chi connectivity index (χ2n) is 4.70. The number of fused-ring (bicyclic) bond motifs is 1. The van der Waals surface area contributed by atoms with E-state index in [1.807, 2.05) is 0 Å². The average Bonchev–Trinajstić information content (AvgIpc) is 2.45. The Bertz CT molecular complexity index is 943. The predicted octanol–water partition coefficient (Wildman–Crippen LogP) is 4.65. The number of benzene rings is 2. The number of halogens is 4. The van der Waals surface area contributed by atoms with Crippen molar-refractivity contribution in [3.8, 4) is 0 Å². The molecule has 0 bridgehead atoms. The Morgan fingerprint density at radius 2 is 2.00 bits per heavy atom. The standard InChI is InChI=1S/C15H8BrCl2FN2O/c16-9-2-1-8(13(19)3-9)6-21-7-20-14-11(15(21)22)4-10(17)5-12(14)18/h1-5,7H,6H2. The van der Waals surface area contributed by atoms with Crippen LogP contribution in [-0.4, -0.2) is 9.55 Å². The molecule has 0 aliphatic heterocycles. The van der Waals surface area contributed by atoms with E-state index in [9.17, 15) is 9.18 Å². The van der Waals surface area contributed by atoms with E-state index in [1.165, 1.54) is 29.1 Å². The quantitative estimate of drug-likeness (QED) is 0.626. The lowest BCUT2D eigenvalue weighted by atomic mass is 10.2. The molecular weight excluding hydrogens is 394 g/mol. The fraction of sp³-hybridized carbons (Fsp3) is 0.0667. The molecule has 0 saturated heterocycles. The molecule has 1 aromatic heterocycles.